The molecule has 2 N–H and O–H groups in total. The first-order chi connectivity index (χ1) is 15.5. The summed E-state index contributed by atoms with van der Waals surface area (Å²) in [6.45, 7) is 0. The van der Waals surface area contributed by atoms with Gasteiger partial charge in [-0.1, -0.05) is 24.3 Å². The number of aromatic nitrogens is 2. The van der Waals surface area contributed by atoms with E-state index < -0.39 is 4.92 Å². The van der Waals surface area contributed by atoms with Crippen molar-refractivity contribution in [2.24, 2.45) is 0 Å². The van der Waals surface area contributed by atoms with Crippen molar-refractivity contribution in [3.05, 3.63) is 91.9 Å². The van der Waals surface area contributed by atoms with E-state index in [9.17, 15) is 20.2 Å². The average Bonchev–Trinajstić information content (AvgIpc) is 3.17. The molecule has 9 nitrogen and oxygen atoms in total. The number of H-pyrrole nitrogens is 2. The SMILES string of the molecule is COc1cc(/C=C/c2ccc3[nH]c(=O)[nH]c3c2)ccc1Oc1ccc([N+](=O)[O-])cc1C#N. The van der Waals surface area contributed by atoms with E-state index in [1.54, 1.807) is 12.1 Å². The minimum absolute atomic E-state index is 0.0448. The van der Waals surface area contributed by atoms with Gasteiger partial charge < -0.3 is 19.4 Å². The second kappa shape index (κ2) is 8.49. The van der Waals surface area contributed by atoms with Gasteiger partial charge in [-0.15, -0.1) is 0 Å². The zero-order valence-corrected chi connectivity index (χ0v) is 16.8. The standard InChI is InChI=1S/C23H16N4O5/c1-31-22-11-15(3-2-14-4-7-18-19(10-14)26-23(28)25-18)5-8-21(22)32-20-9-6-17(27(29)30)12-16(20)13-24/h2-12H,1H3,(H2,25,26,28)/b3-2+. The maximum absolute atomic E-state index is 11.4. The van der Waals surface area contributed by atoms with Gasteiger partial charge in [0.1, 0.15) is 17.4 Å². The average molecular weight is 428 g/mol. The van der Waals surface area contributed by atoms with Crippen molar-refractivity contribution in [3.63, 3.8) is 0 Å². The van der Waals surface area contributed by atoms with Crippen LogP contribution in [0.15, 0.2) is 59.4 Å². The van der Waals surface area contributed by atoms with Gasteiger partial charge in [0, 0.05) is 12.1 Å². The molecule has 32 heavy (non-hydrogen) atoms. The van der Waals surface area contributed by atoms with Gasteiger partial charge in [0.15, 0.2) is 11.5 Å². The second-order valence-electron chi connectivity index (χ2n) is 6.78. The van der Waals surface area contributed by atoms with E-state index in [0.717, 1.165) is 28.2 Å². The van der Waals surface area contributed by atoms with E-state index >= 15 is 0 Å². The lowest BCUT2D eigenvalue weighted by Crippen LogP contribution is -1.99. The number of nitriles is 1. The lowest BCUT2D eigenvalue weighted by Gasteiger charge is -2.12. The van der Waals surface area contributed by atoms with Crippen LogP contribution in [0.2, 0.25) is 0 Å². The van der Waals surface area contributed by atoms with Gasteiger partial charge in [-0.2, -0.15) is 5.26 Å². The number of non-ortho nitro benzene ring substituents is 1. The molecule has 0 spiro atoms. The summed E-state index contributed by atoms with van der Waals surface area (Å²) in [6, 6.07) is 16.5. The third kappa shape index (κ3) is 4.20. The van der Waals surface area contributed by atoms with Crippen LogP contribution >= 0.6 is 0 Å². The zero-order valence-electron chi connectivity index (χ0n) is 16.8. The summed E-state index contributed by atoms with van der Waals surface area (Å²) < 4.78 is 11.2. The predicted molar refractivity (Wildman–Crippen MR) is 119 cm³/mol. The number of hydrogen-bond acceptors (Lipinski definition) is 6. The van der Waals surface area contributed by atoms with Crippen molar-refractivity contribution >= 4 is 28.9 Å². The van der Waals surface area contributed by atoms with Gasteiger partial charge in [-0.3, -0.25) is 10.1 Å². The lowest BCUT2D eigenvalue weighted by molar-refractivity contribution is -0.384. The summed E-state index contributed by atoms with van der Waals surface area (Å²) in [5.41, 5.74) is 2.78. The van der Waals surface area contributed by atoms with Gasteiger partial charge in [0.05, 0.1) is 23.1 Å². The molecule has 0 saturated carbocycles. The van der Waals surface area contributed by atoms with Crippen LogP contribution in [0.1, 0.15) is 16.7 Å². The molecule has 0 fully saturated rings. The Bertz CT molecular complexity index is 1460. The lowest BCUT2D eigenvalue weighted by atomic mass is 10.1. The molecule has 4 rings (SSSR count). The van der Waals surface area contributed by atoms with Crippen LogP contribution in [-0.2, 0) is 0 Å². The number of aromatic amines is 2. The summed E-state index contributed by atoms with van der Waals surface area (Å²) in [6.07, 6.45) is 3.77. The fourth-order valence-electron chi connectivity index (χ4n) is 3.14. The highest BCUT2D eigenvalue weighted by Gasteiger charge is 2.14. The molecule has 0 atom stereocenters. The number of hydrogen-bond donors (Lipinski definition) is 2. The van der Waals surface area contributed by atoms with E-state index in [1.807, 2.05) is 42.5 Å². The van der Waals surface area contributed by atoms with Crippen LogP contribution in [0.25, 0.3) is 23.2 Å². The molecule has 3 aromatic carbocycles. The van der Waals surface area contributed by atoms with E-state index in [1.165, 1.54) is 19.2 Å². The highest BCUT2D eigenvalue weighted by molar-refractivity contribution is 5.80. The summed E-state index contributed by atoms with van der Waals surface area (Å²) in [4.78, 5) is 27.2. The van der Waals surface area contributed by atoms with Crippen LogP contribution in [0.5, 0.6) is 17.2 Å². The molecular formula is C23H16N4O5. The van der Waals surface area contributed by atoms with E-state index in [-0.39, 0.29) is 22.7 Å². The van der Waals surface area contributed by atoms with E-state index in [0.29, 0.717) is 11.5 Å². The maximum Gasteiger partial charge on any atom is 0.323 e. The molecule has 4 aromatic rings. The second-order valence-corrected chi connectivity index (χ2v) is 6.78. The Kier molecular flexibility index (Phi) is 5.42. The monoisotopic (exact) mass is 428 g/mol. The van der Waals surface area contributed by atoms with Gasteiger partial charge in [0.25, 0.3) is 5.69 Å². The number of imidazole rings is 1. The number of nitrogens with one attached hydrogen (secondary N) is 2. The first-order valence-corrected chi connectivity index (χ1v) is 9.41. The van der Waals surface area contributed by atoms with Gasteiger partial charge in [-0.05, 0) is 41.5 Å². The minimum atomic E-state index is -0.572. The first kappa shape index (κ1) is 20.4. The number of fused-ring (bicyclic) bond motifs is 1. The van der Waals surface area contributed by atoms with Crippen LogP contribution in [0, 0.1) is 21.4 Å². The number of ether oxygens (including phenoxy) is 2. The van der Waals surface area contributed by atoms with Gasteiger partial charge in [-0.25, -0.2) is 4.79 Å². The number of methoxy groups -OCH3 is 1. The Labute approximate surface area is 181 Å². The zero-order chi connectivity index (χ0) is 22.7. The van der Waals surface area contributed by atoms with E-state index in [4.69, 9.17) is 9.47 Å². The molecular weight excluding hydrogens is 412 g/mol. The highest BCUT2D eigenvalue weighted by Crippen LogP contribution is 2.35. The summed E-state index contributed by atoms with van der Waals surface area (Å²) in [5.74, 6) is 0.981. The van der Waals surface area contributed by atoms with Crippen molar-refractivity contribution in [1.82, 2.24) is 9.97 Å². The Balaban J connectivity index is 1.59. The molecule has 0 unspecified atom stereocenters. The summed E-state index contributed by atoms with van der Waals surface area (Å²) >= 11 is 0. The molecule has 158 valence electrons. The largest absolute Gasteiger partial charge is 0.493 e. The summed E-state index contributed by atoms with van der Waals surface area (Å²) in [7, 11) is 1.49. The number of benzene rings is 3. The Morgan fingerprint density at radius 2 is 1.62 bits per heavy atom. The molecule has 0 saturated heterocycles. The predicted octanol–water partition coefficient (Wildman–Crippen LogP) is 4.61. The maximum atomic E-state index is 11.4. The summed E-state index contributed by atoms with van der Waals surface area (Å²) in [5, 5.41) is 20.2. The quantitative estimate of drug-likeness (QED) is 0.262. The number of nitrogens with zero attached hydrogens (tertiary/aromatic N) is 2. The minimum Gasteiger partial charge on any atom is -0.493 e. The van der Waals surface area contributed by atoms with Crippen LogP contribution in [-0.4, -0.2) is 22.0 Å². The molecule has 0 aliphatic rings. The fourth-order valence-corrected chi connectivity index (χ4v) is 3.14. The molecule has 1 aromatic heterocycles. The van der Waals surface area contributed by atoms with Crippen LogP contribution in [0.3, 0.4) is 0 Å². The molecule has 0 bridgehead atoms. The molecule has 9 heteroatoms. The molecule has 0 aliphatic carbocycles. The van der Waals surface area contributed by atoms with Crippen molar-refractivity contribution in [2.45, 2.75) is 0 Å². The Morgan fingerprint density at radius 1 is 0.938 bits per heavy atom. The molecule has 0 aliphatic heterocycles. The Hall–Kier alpha value is -4.84. The third-order valence-corrected chi connectivity index (χ3v) is 4.71. The number of rotatable bonds is 6. The molecule has 0 radical (unpaired) electrons. The third-order valence-electron chi connectivity index (χ3n) is 4.71. The van der Waals surface area contributed by atoms with Gasteiger partial charge in [0.2, 0.25) is 0 Å². The van der Waals surface area contributed by atoms with Gasteiger partial charge >= 0.3 is 5.69 Å². The van der Waals surface area contributed by atoms with Crippen LogP contribution < -0.4 is 15.2 Å². The van der Waals surface area contributed by atoms with Crippen molar-refractivity contribution < 1.29 is 14.4 Å². The Morgan fingerprint density at radius 3 is 2.34 bits per heavy atom. The molecule has 1 heterocycles. The number of nitro benzene ring substituents is 1. The van der Waals surface area contributed by atoms with Crippen molar-refractivity contribution in [1.29, 1.82) is 5.26 Å². The number of nitro groups is 1. The fraction of sp³-hybridized carbons (Fsp3) is 0.0435. The van der Waals surface area contributed by atoms with Crippen molar-refractivity contribution in [2.75, 3.05) is 7.11 Å². The molecule has 0 amide bonds. The first-order valence-electron chi connectivity index (χ1n) is 9.41. The topological polar surface area (TPSA) is 134 Å². The highest BCUT2D eigenvalue weighted by atomic mass is 16.6. The van der Waals surface area contributed by atoms with E-state index in [2.05, 4.69) is 9.97 Å². The smallest absolute Gasteiger partial charge is 0.323 e. The normalized spacial score (nSPS) is 10.9. The van der Waals surface area contributed by atoms with Crippen LogP contribution in [0.4, 0.5) is 5.69 Å². The van der Waals surface area contributed by atoms with Crippen molar-refractivity contribution in [3.8, 4) is 23.3 Å².